The standard InChI is InChI=1S/C25H41N5O2/c1-3-26-25(27-13-7-15-29(2)20-9-5-4-6-10-20)28-14-8-16-30-23(31)21-18-11-12-19(17-18)22(21)24(30)32/h11-12,18-22H,3-10,13-17H2,1-2H3,(H2,26,27,28). The van der Waals surface area contributed by atoms with Crippen molar-refractivity contribution in [2.24, 2.45) is 28.7 Å². The molecule has 7 nitrogen and oxygen atoms in total. The van der Waals surface area contributed by atoms with Crippen LogP contribution in [-0.2, 0) is 9.59 Å². The van der Waals surface area contributed by atoms with E-state index in [9.17, 15) is 9.59 Å². The number of allylic oxidation sites excluding steroid dienone is 2. The van der Waals surface area contributed by atoms with Crippen LogP contribution in [0.15, 0.2) is 17.1 Å². The summed E-state index contributed by atoms with van der Waals surface area (Å²) in [4.78, 5) is 34.2. The van der Waals surface area contributed by atoms with Gasteiger partial charge in [-0.05, 0) is 64.5 Å². The molecule has 2 bridgehead atoms. The van der Waals surface area contributed by atoms with E-state index >= 15 is 0 Å². The van der Waals surface area contributed by atoms with Gasteiger partial charge in [-0.2, -0.15) is 0 Å². The summed E-state index contributed by atoms with van der Waals surface area (Å²) in [6, 6.07) is 0.757. The molecule has 2 N–H and O–H groups in total. The molecular weight excluding hydrogens is 402 g/mol. The van der Waals surface area contributed by atoms with Crippen molar-refractivity contribution in [3.05, 3.63) is 12.2 Å². The first-order chi connectivity index (χ1) is 15.6. The quantitative estimate of drug-likeness (QED) is 0.178. The van der Waals surface area contributed by atoms with Crippen LogP contribution < -0.4 is 10.6 Å². The minimum Gasteiger partial charge on any atom is -0.357 e. The number of rotatable bonds is 10. The fraction of sp³-hybridized carbons (Fsp3) is 0.800. The molecule has 178 valence electrons. The Morgan fingerprint density at radius 1 is 1.06 bits per heavy atom. The van der Waals surface area contributed by atoms with Gasteiger partial charge in [-0.1, -0.05) is 31.4 Å². The van der Waals surface area contributed by atoms with Crippen molar-refractivity contribution in [2.75, 3.05) is 39.8 Å². The molecule has 0 radical (unpaired) electrons. The number of fused-ring (bicyclic) bond motifs is 5. The van der Waals surface area contributed by atoms with E-state index < -0.39 is 0 Å². The summed E-state index contributed by atoms with van der Waals surface area (Å²) in [6.07, 6.45) is 13.9. The number of guanidine groups is 1. The molecule has 2 amide bonds. The van der Waals surface area contributed by atoms with E-state index in [0.29, 0.717) is 19.5 Å². The molecule has 0 aromatic rings. The highest BCUT2D eigenvalue weighted by Crippen LogP contribution is 2.52. The van der Waals surface area contributed by atoms with E-state index in [-0.39, 0.29) is 35.5 Å². The van der Waals surface area contributed by atoms with Crippen LogP contribution in [0.4, 0.5) is 0 Å². The number of carbonyl (C=O) groups excluding carboxylic acids is 2. The number of imide groups is 1. The van der Waals surface area contributed by atoms with Crippen molar-refractivity contribution < 1.29 is 9.59 Å². The first kappa shape index (κ1) is 23.3. The number of likely N-dealkylation sites (tertiary alicyclic amines) is 1. The number of aliphatic imine (C=N–C) groups is 1. The Kier molecular flexibility index (Phi) is 7.87. The van der Waals surface area contributed by atoms with Gasteiger partial charge in [-0.15, -0.1) is 0 Å². The minimum atomic E-state index is -0.0910. The molecule has 32 heavy (non-hydrogen) atoms. The molecule has 2 saturated carbocycles. The molecule has 7 heteroatoms. The Balaban J connectivity index is 1.16. The van der Waals surface area contributed by atoms with Gasteiger partial charge < -0.3 is 15.5 Å². The number of hydrogen-bond donors (Lipinski definition) is 2. The lowest BCUT2D eigenvalue weighted by molar-refractivity contribution is -0.140. The fourth-order valence-electron chi connectivity index (χ4n) is 6.19. The monoisotopic (exact) mass is 443 g/mol. The van der Waals surface area contributed by atoms with Gasteiger partial charge >= 0.3 is 0 Å². The molecule has 1 heterocycles. The van der Waals surface area contributed by atoms with Gasteiger partial charge in [0.25, 0.3) is 0 Å². The number of nitrogens with one attached hydrogen (secondary N) is 2. The minimum absolute atomic E-state index is 0.0490. The maximum absolute atomic E-state index is 12.8. The maximum Gasteiger partial charge on any atom is 0.233 e. The third kappa shape index (κ3) is 5.03. The van der Waals surface area contributed by atoms with E-state index in [2.05, 4.69) is 46.6 Å². The Labute approximate surface area is 193 Å². The predicted molar refractivity (Wildman–Crippen MR) is 127 cm³/mol. The third-order valence-electron chi connectivity index (χ3n) is 7.89. The van der Waals surface area contributed by atoms with Crippen molar-refractivity contribution in [1.82, 2.24) is 20.4 Å². The molecule has 4 atom stereocenters. The topological polar surface area (TPSA) is 77.0 Å². The molecule has 3 fully saturated rings. The molecule has 4 aliphatic rings. The van der Waals surface area contributed by atoms with E-state index in [4.69, 9.17) is 0 Å². The highest BCUT2D eigenvalue weighted by Gasteiger charge is 2.58. The number of amides is 2. The second-order valence-corrected chi connectivity index (χ2v) is 9.99. The maximum atomic E-state index is 12.8. The van der Waals surface area contributed by atoms with Crippen molar-refractivity contribution in [3.63, 3.8) is 0 Å². The Morgan fingerprint density at radius 2 is 1.75 bits per heavy atom. The highest BCUT2D eigenvalue weighted by atomic mass is 16.2. The SMILES string of the molecule is CCNC(=NCCCN1C(=O)C2C3C=CC(C3)C2C1=O)NCCCN(C)C1CCCCC1. The molecule has 0 spiro atoms. The zero-order valence-electron chi connectivity index (χ0n) is 19.9. The molecule has 0 aromatic carbocycles. The average Bonchev–Trinajstić information content (AvgIpc) is 3.49. The lowest BCUT2D eigenvalue weighted by Crippen LogP contribution is -2.40. The van der Waals surface area contributed by atoms with Gasteiger partial charge in [0.05, 0.1) is 11.8 Å². The molecule has 1 aliphatic heterocycles. The van der Waals surface area contributed by atoms with Crippen LogP contribution in [0, 0.1) is 23.7 Å². The first-order valence-electron chi connectivity index (χ1n) is 12.9. The number of nitrogens with zero attached hydrogens (tertiary/aromatic N) is 3. The van der Waals surface area contributed by atoms with Crippen LogP contribution in [0.2, 0.25) is 0 Å². The van der Waals surface area contributed by atoms with Gasteiger partial charge in [-0.3, -0.25) is 19.5 Å². The van der Waals surface area contributed by atoms with E-state index in [1.165, 1.54) is 37.0 Å². The van der Waals surface area contributed by atoms with Gasteiger partial charge in [0, 0.05) is 32.2 Å². The van der Waals surface area contributed by atoms with Crippen molar-refractivity contribution in [3.8, 4) is 0 Å². The van der Waals surface area contributed by atoms with Gasteiger partial charge in [0.15, 0.2) is 5.96 Å². The van der Waals surface area contributed by atoms with E-state index in [1.54, 1.807) is 0 Å². The summed E-state index contributed by atoms with van der Waals surface area (Å²) in [5, 5.41) is 6.74. The molecular formula is C25H41N5O2. The number of carbonyl (C=O) groups is 2. The second-order valence-electron chi connectivity index (χ2n) is 9.99. The van der Waals surface area contributed by atoms with Gasteiger partial charge in [-0.25, -0.2) is 0 Å². The summed E-state index contributed by atoms with van der Waals surface area (Å²) in [5.41, 5.74) is 0. The second kappa shape index (κ2) is 10.8. The van der Waals surface area contributed by atoms with Crippen LogP contribution in [0.1, 0.15) is 58.3 Å². The van der Waals surface area contributed by atoms with E-state index in [0.717, 1.165) is 44.5 Å². The number of hydrogen-bond acceptors (Lipinski definition) is 4. The Hall–Kier alpha value is -1.89. The molecule has 4 rings (SSSR count). The zero-order valence-corrected chi connectivity index (χ0v) is 19.9. The van der Waals surface area contributed by atoms with Crippen molar-refractivity contribution in [1.29, 1.82) is 0 Å². The summed E-state index contributed by atoms with van der Waals surface area (Å²) >= 11 is 0. The Morgan fingerprint density at radius 3 is 2.41 bits per heavy atom. The van der Waals surface area contributed by atoms with Crippen LogP contribution in [0.25, 0.3) is 0 Å². The predicted octanol–water partition coefficient (Wildman–Crippen LogP) is 2.39. The van der Waals surface area contributed by atoms with E-state index in [1.807, 2.05) is 0 Å². The lowest BCUT2D eigenvalue weighted by atomic mass is 9.85. The molecule has 3 aliphatic carbocycles. The van der Waals surface area contributed by atoms with Gasteiger partial charge in [0.1, 0.15) is 0 Å². The smallest absolute Gasteiger partial charge is 0.233 e. The van der Waals surface area contributed by atoms with Crippen LogP contribution >= 0.6 is 0 Å². The van der Waals surface area contributed by atoms with Crippen molar-refractivity contribution in [2.45, 2.75) is 64.3 Å². The third-order valence-corrected chi connectivity index (χ3v) is 7.89. The zero-order chi connectivity index (χ0) is 22.5. The summed E-state index contributed by atoms with van der Waals surface area (Å²) in [5.74, 6) is 1.31. The summed E-state index contributed by atoms with van der Waals surface area (Å²) in [7, 11) is 2.26. The highest BCUT2D eigenvalue weighted by molar-refractivity contribution is 6.06. The van der Waals surface area contributed by atoms with Crippen LogP contribution in [0.5, 0.6) is 0 Å². The molecule has 0 aromatic heterocycles. The molecule has 4 unspecified atom stereocenters. The summed E-state index contributed by atoms with van der Waals surface area (Å²) < 4.78 is 0. The van der Waals surface area contributed by atoms with Crippen molar-refractivity contribution >= 4 is 17.8 Å². The first-order valence-corrected chi connectivity index (χ1v) is 12.9. The normalized spacial score (nSPS) is 30.0. The lowest BCUT2D eigenvalue weighted by Gasteiger charge is -2.31. The van der Waals surface area contributed by atoms with Crippen LogP contribution in [0.3, 0.4) is 0 Å². The van der Waals surface area contributed by atoms with Crippen LogP contribution in [-0.4, -0.2) is 73.4 Å². The van der Waals surface area contributed by atoms with Gasteiger partial charge in [0.2, 0.25) is 11.8 Å². The molecule has 1 saturated heterocycles. The average molecular weight is 444 g/mol. The largest absolute Gasteiger partial charge is 0.357 e. The summed E-state index contributed by atoms with van der Waals surface area (Å²) in [6.45, 7) is 5.97. The Bertz CT molecular complexity index is 700. The fourth-order valence-corrected chi connectivity index (χ4v) is 6.19.